The summed E-state index contributed by atoms with van der Waals surface area (Å²) in [5.74, 6) is 0.0966. The van der Waals surface area contributed by atoms with E-state index in [1.54, 1.807) is 0 Å². The quantitative estimate of drug-likeness (QED) is 0.768. The van der Waals surface area contributed by atoms with E-state index in [9.17, 15) is 8.42 Å². The molecular formula is C10H14N2O4S. The molecule has 0 bridgehead atoms. The van der Waals surface area contributed by atoms with Crippen molar-refractivity contribution in [3.63, 3.8) is 0 Å². The first kappa shape index (κ1) is 12.2. The largest absolute Gasteiger partial charge is 0.508 e. The molecule has 1 aliphatic rings. The summed E-state index contributed by atoms with van der Waals surface area (Å²) in [6, 6.07) is 5.87. The molecule has 1 saturated heterocycles. The molecular weight excluding hydrogens is 244 g/mol. The summed E-state index contributed by atoms with van der Waals surface area (Å²) < 4.78 is 32.8. The van der Waals surface area contributed by atoms with Crippen LogP contribution < -0.4 is 4.72 Å². The van der Waals surface area contributed by atoms with Gasteiger partial charge in [0.1, 0.15) is 5.75 Å². The second kappa shape index (κ2) is 4.91. The maximum Gasteiger partial charge on any atom is 0.301 e. The van der Waals surface area contributed by atoms with Crippen molar-refractivity contribution in [2.24, 2.45) is 0 Å². The van der Waals surface area contributed by atoms with Gasteiger partial charge >= 0.3 is 10.2 Å². The average Bonchev–Trinajstić information content (AvgIpc) is 2.33. The molecule has 1 aromatic rings. The number of hydrogen-bond donors (Lipinski definition) is 2. The summed E-state index contributed by atoms with van der Waals surface area (Å²) in [6.45, 7) is 1.54. The van der Waals surface area contributed by atoms with Crippen LogP contribution in [-0.4, -0.2) is 44.1 Å². The second-order valence-electron chi connectivity index (χ2n) is 3.67. The predicted molar refractivity (Wildman–Crippen MR) is 63.0 cm³/mol. The fraction of sp³-hybridized carbons (Fsp3) is 0.400. The van der Waals surface area contributed by atoms with Gasteiger partial charge in [-0.25, -0.2) is 0 Å². The lowest BCUT2D eigenvalue weighted by Gasteiger charge is -2.26. The molecule has 0 spiro atoms. The fourth-order valence-corrected chi connectivity index (χ4v) is 2.72. The SMILES string of the molecule is O=S(=O)(Nc1ccc(O)cc1)N1CCOCC1. The van der Waals surface area contributed by atoms with Crippen LogP contribution >= 0.6 is 0 Å². The number of nitrogens with one attached hydrogen (secondary N) is 1. The van der Waals surface area contributed by atoms with Gasteiger partial charge in [0, 0.05) is 13.1 Å². The van der Waals surface area contributed by atoms with Crippen molar-refractivity contribution in [2.45, 2.75) is 0 Å². The first-order chi connectivity index (χ1) is 8.08. The number of anilines is 1. The number of aromatic hydroxyl groups is 1. The van der Waals surface area contributed by atoms with Crippen molar-refractivity contribution in [3.8, 4) is 5.75 Å². The third kappa shape index (κ3) is 3.09. The van der Waals surface area contributed by atoms with Gasteiger partial charge in [0.15, 0.2) is 0 Å². The zero-order chi connectivity index (χ0) is 12.3. The minimum Gasteiger partial charge on any atom is -0.508 e. The number of phenolic OH excluding ortho intramolecular Hbond substituents is 1. The fourth-order valence-electron chi connectivity index (χ4n) is 1.53. The number of phenols is 1. The van der Waals surface area contributed by atoms with Gasteiger partial charge in [0.05, 0.1) is 18.9 Å². The van der Waals surface area contributed by atoms with Gasteiger partial charge in [-0.1, -0.05) is 0 Å². The highest BCUT2D eigenvalue weighted by Gasteiger charge is 2.23. The minimum absolute atomic E-state index is 0.0966. The molecule has 0 saturated carbocycles. The Morgan fingerprint density at radius 3 is 2.35 bits per heavy atom. The van der Waals surface area contributed by atoms with Crippen molar-refractivity contribution in [1.29, 1.82) is 0 Å². The van der Waals surface area contributed by atoms with Crippen LogP contribution in [0.5, 0.6) is 5.75 Å². The summed E-state index contributed by atoms with van der Waals surface area (Å²) in [7, 11) is -3.53. The normalized spacial score (nSPS) is 17.9. The number of ether oxygens (including phenoxy) is 1. The molecule has 1 heterocycles. The maximum atomic E-state index is 11.9. The van der Waals surface area contributed by atoms with Gasteiger partial charge in [0.25, 0.3) is 0 Å². The molecule has 1 aliphatic heterocycles. The third-order valence-corrected chi connectivity index (χ3v) is 3.96. The van der Waals surface area contributed by atoms with E-state index in [1.165, 1.54) is 28.6 Å². The van der Waals surface area contributed by atoms with Gasteiger partial charge in [0.2, 0.25) is 0 Å². The molecule has 0 unspecified atom stereocenters. The third-order valence-electron chi connectivity index (χ3n) is 2.42. The summed E-state index contributed by atoms with van der Waals surface area (Å²) in [6.07, 6.45) is 0. The molecule has 0 aliphatic carbocycles. The molecule has 2 N–H and O–H groups in total. The molecule has 0 aromatic heterocycles. The van der Waals surface area contributed by atoms with E-state index >= 15 is 0 Å². The Balaban J connectivity index is 2.08. The number of morpholine rings is 1. The zero-order valence-corrected chi connectivity index (χ0v) is 9.98. The molecule has 6 nitrogen and oxygen atoms in total. The first-order valence-corrected chi connectivity index (χ1v) is 6.66. The summed E-state index contributed by atoms with van der Waals surface area (Å²) in [5, 5.41) is 9.10. The number of nitrogens with zero attached hydrogens (tertiary/aromatic N) is 1. The van der Waals surface area contributed by atoms with Crippen LogP contribution in [0.1, 0.15) is 0 Å². The van der Waals surface area contributed by atoms with Crippen LogP contribution in [0.15, 0.2) is 24.3 Å². The van der Waals surface area contributed by atoms with Crippen LogP contribution in [-0.2, 0) is 14.9 Å². The maximum absolute atomic E-state index is 11.9. The van der Waals surface area contributed by atoms with Gasteiger partial charge in [-0.3, -0.25) is 4.72 Å². The van der Waals surface area contributed by atoms with E-state index < -0.39 is 10.2 Å². The van der Waals surface area contributed by atoms with Crippen molar-refractivity contribution in [3.05, 3.63) is 24.3 Å². The Bertz CT molecular complexity index is 466. The second-order valence-corrected chi connectivity index (χ2v) is 5.34. The average molecular weight is 258 g/mol. The molecule has 0 radical (unpaired) electrons. The van der Waals surface area contributed by atoms with Crippen LogP contribution in [0.3, 0.4) is 0 Å². The first-order valence-electron chi connectivity index (χ1n) is 5.22. The van der Waals surface area contributed by atoms with Gasteiger partial charge < -0.3 is 9.84 Å². The smallest absolute Gasteiger partial charge is 0.301 e. The van der Waals surface area contributed by atoms with Crippen molar-refractivity contribution < 1.29 is 18.3 Å². The van der Waals surface area contributed by atoms with E-state index in [1.807, 2.05) is 0 Å². The summed E-state index contributed by atoms with van der Waals surface area (Å²) >= 11 is 0. The Morgan fingerprint density at radius 1 is 1.18 bits per heavy atom. The van der Waals surface area contributed by atoms with Crippen LogP contribution in [0, 0.1) is 0 Å². The van der Waals surface area contributed by atoms with E-state index in [0.29, 0.717) is 32.0 Å². The molecule has 0 amide bonds. The molecule has 2 rings (SSSR count). The monoisotopic (exact) mass is 258 g/mol. The van der Waals surface area contributed by atoms with E-state index in [2.05, 4.69) is 4.72 Å². The molecule has 0 atom stereocenters. The molecule has 1 aromatic carbocycles. The molecule has 7 heteroatoms. The Labute approximate surface area is 100.0 Å². The minimum atomic E-state index is -3.53. The lowest BCUT2D eigenvalue weighted by atomic mass is 10.3. The predicted octanol–water partition coefficient (Wildman–Crippen LogP) is 0.381. The van der Waals surface area contributed by atoms with Crippen LogP contribution in [0.25, 0.3) is 0 Å². The Kier molecular flexibility index (Phi) is 3.51. The van der Waals surface area contributed by atoms with Crippen molar-refractivity contribution in [1.82, 2.24) is 4.31 Å². The Hall–Kier alpha value is -1.31. The lowest BCUT2D eigenvalue weighted by molar-refractivity contribution is 0.0733. The van der Waals surface area contributed by atoms with Gasteiger partial charge in [-0.05, 0) is 24.3 Å². The highest BCUT2D eigenvalue weighted by atomic mass is 32.2. The molecule has 94 valence electrons. The van der Waals surface area contributed by atoms with Crippen LogP contribution in [0.4, 0.5) is 5.69 Å². The van der Waals surface area contributed by atoms with Crippen molar-refractivity contribution >= 4 is 15.9 Å². The highest BCUT2D eigenvalue weighted by molar-refractivity contribution is 7.90. The standard InChI is InChI=1S/C10H14N2O4S/c13-10-3-1-9(2-4-10)11-17(14,15)12-5-7-16-8-6-12/h1-4,11,13H,5-8H2. The number of hydrogen-bond acceptors (Lipinski definition) is 4. The summed E-state index contributed by atoms with van der Waals surface area (Å²) in [5.41, 5.74) is 0.425. The molecule has 1 fully saturated rings. The van der Waals surface area contributed by atoms with E-state index in [-0.39, 0.29) is 5.75 Å². The zero-order valence-electron chi connectivity index (χ0n) is 9.17. The topological polar surface area (TPSA) is 78.9 Å². The van der Waals surface area contributed by atoms with Gasteiger partial charge in [-0.2, -0.15) is 12.7 Å². The number of rotatable bonds is 3. The number of benzene rings is 1. The molecule has 17 heavy (non-hydrogen) atoms. The van der Waals surface area contributed by atoms with Crippen molar-refractivity contribution in [2.75, 3.05) is 31.0 Å². The summed E-state index contributed by atoms with van der Waals surface area (Å²) in [4.78, 5) is 0. The highest BCUT2D eigenvalue weighted by Crippen LogP contribution is 2.16. The van der Waals surface area contributed by atoms with Crippen LogP contribution in [0.2, 0.25) is 0 Å². The lowest BCUT2D eigenvalue weighted by Crippen LogP contribution is -2.43. The Morgan fingerprint density at radius 2 is 1.76 bits per heavy atom. The van der Waals surface area contributed by atoms with E-state index in [4.69, 9.17) is 9.84 Å². The van der Waals surface area contributed by atoms with Gasteiger partial charge in [-0.15, -0.1) is 0 Å². The van der Waals surface area contributed by atoms with E-state index in [0.717, 1.165) is 0 Å².